The molecule has 152 valence electrons. The third-order valence-electron chi connectivity index (χ3n) is 5.55. The molecule has 29 heavy (non-hydrogen) atoms. The van der Waals surface area contributed by atoms with E-state index in [-0.39, 0.29) is 5.91 Å². The van der Waals surface area contributed by atoms with Crippen molar-refractivity contribution in [3.63, 3.8) is 0 Å². The first-order valence-electron chi connectivity index (χ1n) is 9.99. The van der Waals surface area contributed by atoms with Crippen LogP contribution in [0.25, 0.3) is 10.2 Å². The van der Waals surface area contributed by atoms with Gasteiger partial charge in [-0.25, -0.2) is 9.97 Å². The van der Waals surface area contributed by atoms with Crippen molar-refractivity contribution in [3.8, 4) is 0 Å². The summed E-state index contributed by atoms with van der Waals surface area (Å²) in [6.45, 7) is 5.75. The number of fused-ring (bicyclic) bond motifs is 3. The van der Waals surface area contributed by atoms with Crippen molar-refractivity contribution in [2.75, 3.05) is 42.9 Å². The van der Waals surface area contributed by atoms with Gasteiger partial charge in [0.2, 0.25) is 11.0 Å². The highest BCUT2D eigenvalue weighted by molar-refractivity contribution is 7.19. The van der Waals surface area contributed by atoms with Gasteiger partial charge in [-0.05, 0) is 38.2 Å². The number of hydrogen-bond acceptors (Lipinski definition) is 9. The van der Waals surface area contributed by atoms with Crippen molar-refractivity contribution >= 4 is 49.7 Å². The average molecular weight is 430 g/mol. The number of aryl methyl sites for hydroxylation is 3. The maximum absolute atomic E-state index is 12.2. The molecule has 5 rings (SSSR count). The molecule has 1 aliphatic carbocycles. The second-order valence-corrected chi connectivity index (χ2v) is 9.46. The maximum atomic E-state index is 12.2. The molecule has 0 aromatic carbocycles. The largest absolute Gasteiger partial charge is 0.353 e. The fourth-order valence-corrected chi connectivity index (χ4v) is 5.94. The summed E-state index contributed by atoms with van der Waals surface area (Å²) in [6.07, 6.45) is 4.84. The smallest absolute Gasteiger partial charge is 0.240 e. The Labute approximate surface area is 177 Å². The number of hydrogen-bond donors (Lipinski definition) is 1. The monoisotopic (exact) mass is 429 g/mol. The van der Waals surface area contributed by atoms with Crippen LogP contribution in [0.4, 0.5) is 10.9 Å². The van der Waals surface area contributed by atoms with Crippen LogP contribution in [0.15, 0.2) is 5.51 Å². The van der Waals surface area contributed by atoms with Crippen LogP contribution in [0, 0.1) is 6.92 Å². The molecule has 1 N–H and O–H groups in total. The minimum Gasteiger partial charge on any atom is -0.353 e. The molecule has 0 spiro atoms. The van der Waals surface area contributed by atoms with Gasteiger partial charge in [0.15, 0.2) is 0 Å². The van der Waals surface area contributed by atoms with Crippen LogP contribution >= 0.6 is 22.7 Å². The van der Waals surface area contributed by atoms with E-state index >= 15 is 0 Å². The van der Waals surface area contributed by atoms with Crippen LogP contribution in [0.5, 0.6) is 0 Å². The molecule has 1 amide bonds. The standard InChI is InChI=1S/C19H23N7OS2/c1-12-21-17(16-13-4-2-3-5-14(13)29-18(16)22-12)26-8-6-25(7-9-26)10-15(27)23-19-24-20-11-28-19/h11H,2-10H2,1H3,(H,23,24,27). The molecule has 1 saturated heterocycles. The van der Waals surface area contributed by atoms with Gasteiger partial charge < -0.3 is 4.90 Å². The van der Waals surface area contributed by atoms with Gasteiger partial charge >= 0.3 is 0 Å². The van der Waals surface area contributed by atoms with Crippen LogP contribution < -0.4 is 10.2 Å². The second-order valence-electron chi connectivity index (χ2n) is 7.54. The van der Waals surface area contributed by atoms with E-state index in [9.17, 15) is 4.79 Å². The normalized spacial score (nSPS) is 17.5. The summed E-state index contributed by atoms with van der Waals surface area (Å²) in [4.78, 5) is 29.0. The van der Waals surface area contributed by atoms with E-state index in [0.29, 0.717) is 11.7 Å². The van der Waals surface area contributed by atoms with E-state index in [1.165, 1.54) is 46.4 Å². The number of nitrogens with zero attached hydrogens (tertiary/aromatic N) is 6. The quantitative estimate of drug-likeness (QED) is 0.682. The van der Waals surface area contributed by atoms with E-state index in [2.05, 4.69) is 25.3 Å². The number of nitrogens with one attached hydrogen (secondary N) is 1. The Hall–Kier alpha value is -2.17. The number of rotatable bonds is 4. The zero-order valence-corrected chi connectivity index (χ0v) is 18.0. The minimum atomic E-state index is -0.0395. The van der Waals surface area contributed by atoms with Crippen molar-refractivity contribution < 1.29 is 4.79 Å². The van der Waals surface area contributed by atoms with Crippen molar-refractivity contribution in [2.24, 2.45) is 0 Å². The van der Waals surface area contributed by atoms with Crippen molar-refractivity contribution in [2.45, 2.75) is 32.6 Å². The summed E-state index contributed by atoms with van der Waals surface area (Å²) in [5.41, 5.74) is 3.09. The summed E-state index contributed by atoms with van der Waals surface area (Å²) in [5.74, 6) is 1.89. The van der Waals surface area contributed by atoms with Gasteiger partial charge in [-0.1, -0.05) is 11.3 Å². The molecule has 2 aliphatic rings. The zero-order valence-electron chi connectivity index (χ0n) is 16.3. The summed E-state index contributed by atoms with van der Waals surface area (Å²) >= 11 is 3.18. The molecule has 8 nitrogen and oxygen atoms in total. The third kappa shape index (κ3) is 3.84. The molecule has 0 atom stereocenters. The van der Waals surface area contributed by atoms with Crippen LogP contribution in [0.1, 0.15) is 29.1 Å². The number of amides is 1. The average Bonchev–Trinajstić information content (AvgIpc) is 3.35. The van der Waals surface area contributed by atoms with Crippen LogP contribution in [-0.4, -0.2) is 63.7 Å². The van der Waals surface area contributed by atoms with E-state index < -0.39 is 0 Å². The highest BCUT2D eigenvalue weighted by Crippen LogP contribution is 2.39. The van der Waals surface area contributed by atoms with E-state index in [0.717, 1.165) is 49.1 Å². The summed E-state index contributed by atoms with van der Waals surface area (Å²) in [7, 11) is 0. The lowest BCUT2D eigenvalue weighted by molar-refractivity contribution is -0.117. The Morgan fingerprint density at radius 3 is 2.79 bits per heavy atom. The molecule has 1 aliphatic heterocycles. The van der Waals surface area contributed by atoms with Gasteiger partial charge in [-0.15, -0.1) is 21.5 Å². The van der Waals surface area contributed by atoms with Gasteiger partial charge in [0, 0.05) is 31.1 Å². The number of aromatic nitrogens is 4. The van der Waals surface area contributed by atoms with Crippen LogP contribution in [-0.2, 0) is 17.6 Å². The first-order chi connectivity index (χ1) is 14.2. The maximum Gasteiger partial charge on any atom is 0.240 e. The molecule has 0 radical (unpaired) electrons. The molecule has 0 saturated carbocycles. The van der Waals surface area contributed by atoms with E-state index in [1.54, 1.807) is 5.51 Å². The first-order valence-corrected chi connectivity index (χ1v) is 11.7. The highest BCUT2D eigenvalue weighted by Gasteiger charge is 2.26. The molecule has 1 fully saturated rings. The van der Waals surface area contributed by atoms with Crippen molar-refractivity contribution in [1.29, 1.82) is 0 Å². The van der Waals surface area contributed by atoms with Crippen molar-refractivity contribution in [3.05, 3.63) is 21.8 Å². The Balaban J connectivity index is 1.30. The minimum absolute atomic E-state index is 0.0395. The van der Waals surface area contributed by atoms with Crippen LogP contribution in [0.2, 0.25) is 0 Å². The molecular weight excluding hydrogens is 406 g/mol. The second kappa shape index (κ2) is 7.92. The molecule has 3 aromatic rings. The molecule has 10 heteroatoms. The van der Waals surface area contributed by atoms with Gasteiger partial charge in [-0.3, -0.25) is 15.0 Å². The first kappa shape index (κ1) is 18.8. The van der Waals surface area contributed by atoms with Crippen molar-refractivity contribution in [1.82, 2.24) is 25.1 Å². The predicted octanol–water partition coefficient (Wildman–Crippen LogP) is 2.49. The molecule has 0 unspecified atom stereocenters. The van der Waals surface area contributed by atoms with Crippen LogP contribution in [0.3, 0.4) is 0 Å². The number of piperazine rings is 1. The molecule has 4 heterocycles. The Bertz CT molecular complexity index is 1030. The third-order valence-corrected chi connectivity index (χ3v) is 7.35. The van der Waals surface area contributed by atoms with Gasteiger partial charge in [-0.2, -0.15) is 0 Å². The fourth-order valence-electron chi connectivity index (χ4n) is 4.18. The highest BCUT2D eigenvalue weighted by atomic mass is 32.1. The summed E-state index contributed by atoms with van der Waals surface area (Å²) in [6, 6.07) is 0. The number of thiophene rings is 1. The topological polar surface area (TPSA) is 87.1 Å². The van der Waals surface area contributed by atoms with Gasteiger partial charge in [0.25, 0.3) is 0 Å². The fraction of sp³-hybridized carbons (Fsp3) is 0.526. The Kier molecular flexibility index (Phi) is 5.15. The van der Waals surface area contributed by atoms with E-state index in [1.807, 2.05) is 18.3 Å². The Morgan fingerprint density at radius 2 is 2.00 bits per heavy atom. The molecular formula is C19H23N7OS2. The lowest BCUT2D eigenvalue weighted by Crippen LogP contribution is -2.49. The lowest BCUT2D eigenvalue weighted by Gasteiger charge is -2.35. The SMILES string of the molecule is Cc1nc(N2CCN(CC(=O)Nc3nncs3)CC2)c2c3c(sc2n1)CCCC3. The summed E-state index contributed by atoms with van der Waals surface area (Å²) < 4.78 is 0. The number of carbonyl (C=O) groups excluding carboxylic acids is 1. The zero-order chi connectivity index (χ0) is 19.8. The van der Waals surface area contributed by atoms with E-state index in [4.69, 9.17) is 9.97 Å². The summed E-state index contributed by atoms with van der Waals surface area (Å²) in [5, 5.41) is 12.2. The number of anilines is 2. The van der Waals surface area contributed by atoms with Gasteiger partial charge in [0.05, 0.1) is 11.9 Å². The Morgan fingerprint density at radius 1 is 1.17 bits per heavy atom. The molecule has 3 aromatic heterocycles. The lowest BCUT2D eigenvalue weighted by atomic mass is 9.97. The predicted molar refractivity (Wildman–Crippen MR) is 116 cm³/mol. The van der Waals surface area contributed by atoms with Gasteiger partial charge in [0.1, 0.15) is 22.0 Å². The molecule has 0 bridgehead atoms. The number of carbonyl (C=O) groups is 1.